The predicted octanol–water partition coefficient (Wildman–Crippen LogP) is 2.00. The summed E-state index contributed by atoms with van der Waals surface area (Å²) in [5, 5.41) is 0. The minimum atomic E-state index is -2.20. The molecule has 0 saturated carbocycles. The first-order valence-corrected chi connectivity index (χ1v) is 5.67. The van der Waals surface area contributed by atoms with Crippen molar-refractivity contribution in [1.82, 2.24) is 0 Å². The van der Waals surface area contributed by atoms with Gasteiger partial charge < -0.3 is 4.74 Å². The molecule has 2 unspecified atom stereocenters. The summed E-state index contributed by atoms with van der Waals surface area (Å²) in [4.78, 5) is 0. The van der Waals surface area contributed by atoms with E-state index in [9.17, 15) is 4.21 Å². The maximum atomic E-state index is 10.3. The zero-order valence-corrected chi connectivity index (χ0v) is 9.28. The highest BCUT2D eigenvalue weighted by Crippen LogP contribution is 2.09. The van der Waals surface area contributed by atoms with E-state index in [4.69, 9.17) is 9.29 Å². The molecule has 1 aromatic rings. The molecular formula is C10H14O4S. The van der Waals surface area contributed by atoms with Gasteiger partial charge >= 0.3 is 11.4 Å². The Labute approximate surface area is 91.7 Å². The van der Waals surface area contributed by atoms with Crippen LogP contribution < -0.4 is 4.74 Å². The van der Waals surface area contributed by atoms with Gasteiger partial charge in [0.1, 0.15) is 5.75 Å². The quantitative estimate of drug-likeness (QED) is 0.759. The summed E-state index contributed by atoms with van der Waals surface area (Å²) in [7, 11) is 0. The molecule has 4 nitrogen and oxygen atoms in total. The molecule has 0 amide bonds. The van der Waals surface area contributed by atoms with Crippen LogP contribution in [0.1, 0.15) is 13.3 Å². The Bertz CT molecular complexity index is 302. The van der Waals surface area contributed by atoms with Gasteiger partial charge in [0, 0.05) is 6.42 Å². The maximum absolute atomic E-state index is 10.3. The largest absolute Gasteiger partial charge is 0.493 e. The van der Waals surface area contributed by atoms with Crippen molar-refractivity contribution in [2.24, 2.45) is 0 Å². The van der Waals surface area contributed by atoms with Gasteiger partial charge in [-0.1, -0.05) is 18.2 Å². The summed E-state index contributed by atoms with van der Waals surface area (Å²) in [6.45, 7) is 2.19. The van der Waals surface area contributed by atoms with Crippen molar-refractivity contribution in [1.29, 1.82) is 0 Å². The first kappa shape index (κ1) is 12.2. The second-order valence-electron chi connectivity index (χ2n) is 3.07. The van der Waals surface area contributed by atoms with E-state index in [2.05, 4.69) is 4.18 Å². The van der Waals surface area contributed by atoms with E-state index in [-0.39, 0.29) is 6.10 Å². The minimum Gasteiger partial charge on any atom is -0.493 e. The molecule has 0 saturated heterocycles. The van der Waals surface area contributed by atoms with E-state index >= 15 is 0 Å². The fraction of sp³-hybridized carbons (Fsp3) is 0.400. The van der Waals surface area contributed by atoms with Crippen molar-refractivity contribution in [3.8, 4) is 5.75 Å². The second-order valence-corrected chi connectivity index (χ2v) is 3.70. The Hall–Kier alpha value is -0.910. The fourth-order valence-corrected chi connectivity index (χ4v) is 1.43. The lowest BCUT2D eigenvalue weighted by Gasteiger charge is -2.10. The summed E-state index contributed by atoms with van der Waals surface area (Å²) >= 11 is -2.20. The number of benzene rings is 1. The number of para-hydroxylation sites is 1. The molecule has 2 atom stereocenters. The van der Waals surface area contributed by atoms with E-state index in [1.165, 1.54) is 0 Å². The topological polar surface area (TPSA) is 55.8 Å². The molecule has 1 rings (SSSR count). The van der Waals surface area contributed by atoms with E-state index in [1.54, 1.807) is 6.92 Å². The molecule has 1 aromatic carbocycles. The van der Waals surface area contributed by atoms with Crippen LogP contribution in [0.15, 0.2) is 30.3 Å². The van der Waals surface area contributed by atoms with Crippen LogP contribution in [-0.4, -0.2) is 21.5 Å². The van der Waals surface area contributed by atoms with Crippen LogP contribution in [0.2, 0.25) is 0 Å². The second kappa shape index (κ2) is 6.55. The third-order valence-corrected chi connectivity index (χ3v) is 2.28. The predicted molar refractivity (Wildman–Crippen MR) is 57.9 cm³/mol. The molecule has 1 N–H and O–H groups in total. The Balaban J connectivity index is 2.19. The van der Waals surface area contributed by atoms with Gasteiger partial charge in [0.05, 0.1) is 12.7 Å². The molecule has 15 heavy (non-hydrogen) atoms. The molecule has 0 spiro atoms. The van der Waals surface area contributed by atoms with E-state index in [0.29, 0.717) is 13.0 Å². The lowest BCUT2D eigenvalue weighted by molar-refractivity contribution is 0.179. The van der Waals surface area contributed by atoms with Gasteiger partial charge in [-0.25, -0.2) is 0 Å². The zero-order valence-electron chi connectivity index (χ0n) is 8.46. The molecule has 0 aliphatic heterocycles. The molecular weight excluding hydrogens is 216 g/mol. The molecule has 0 aromatic heterocycles. The molecule has 0 aliphatic rings. The highest BCUT2D eigenvalue weighted by atomic mass is 32.2. The first-order chi connectivity index (χ1) is 7.18. The van der Waals surface area contributed by atoms with Gasteiger partial charge in [0.15, 0.2) is 0 Å². The fourth-order valence-electron chi connectivity index (χ4n) is 1.05. The average Bonchev–Trinajstić information content (AvgIpc) is 2.18. The monoisotopic (exact) mass is 230 g/mol. The smallest absolute Gasteiger partial charge is 0.302 e. The van der Waals surface area contributed by atoms with Crippen molar-refractivity contribution < 1.29 is 17.7 Å². The SMILES string of the molecule is CC(CCOc1ccccc1)OS(=O)O. The van der Waals surface area contributed by atoms with E-state index in [1.807, 2.05) is 30.3 Å². The Morgan fingerprint density at radius 1 is 1.40 bits per heavy atom. The van der Waals surface area contributed by atoms with Gasteiger partial charge in [-0.2, -0.15) is 4.21 Å². The highest BCUT2D eigenvalue weighted by Gasteiger charge is 2.05. The van der Waals surface area contributed by atoms with Crippen LogP contribution in [0.5, 0.6) is 5.75 Å². The number of hydrogen-bond donors (Lipinski definition) is 1. The average molecular weight is 230 g/mol. The molecule has 0 radical (unpaired) electrons. The number of rotatable bonds is 6. The lowest BCUT2D eigenvalue weighted by Crippen LogP contribution is -2.13. The normalized spacial score (nSPS) is 14.5. The molecule has 0 aliphatic carbocycles. The Morgan fingerprint density at radius 3 is 2.67 bits per heavy atom. The molecule has 0 bridgehead atoms. The summed E-state index contributed by atoms with van der Waals surface area (Å²) < 4.78 is 28.8. The highest BCUT2D eigenvalue weighted by molar-refractivity contribution is 7.74. The lowest BCUT2D eigenvalue weighted by atomic mass is 10.3. The van der Waals surface area contributed by atoms with Crippen LogP contribution in [0.25, 0.3) is 0 Å². The molecule has 0 heterocycles. The van der Waals surface area contributed by atoms with Crippen LogP contribution in [0.4, 0.5) is 0 Å². The third-order valence-electron chi connectivity index (χ3n) is 1.78. The van der Waals surface area contributed by atoms with Gasteiger partial charge in [0.25, 0.3) is 0 Å². The Morgan fingerprint density at radius 2 is 2.07 bits per heavy atom. The minimum absolute atomic E-state index is 0.292. The standard InChI is InChI=1S/C10H14O4S/c1-9(14-15(11)12)7-8-13-10-5-3-2-4-6-10/h2-6,9H,7-8H2,1H3,(H,11,12). The van der Waals surface area contributed by atoms with Crippen molar-refractivity contribution >= 4 is 11.4 Å². The summed E-state index contributed by atoms with van der Waals surface area (Å²) in [6, 6.07) is 9.40. The van der Waals surface area contributed by atoms with E-state index < -0.39 is 11.4 Å². The van der Waals surface area contributed by atoms with Crippen LogP contribution in [0, 0.1) is 0 Å². The number of ether oxygens (including phenoxy) is 1. The van der Waals surface area contributed by atoms with Gasteiger partial charge in [0.2, 0.25) is 0 Å². The van der Waals surface area contributed by atoms with Crippen LogP contribution in [0.3, 0.4) is 0 Å². The maximum Gasteiger partial charge on any atom is 0.302 e. The van der Waals surface area contributed by atoms with Gasteiger partial charge in [-0.05, 0) is 19.1 Å². The Kier molecular flexibility index (Phi) is 5.31. The number of hydrogen-bond acceptors (Lipinski definition) is 3. The molecule has 5 heteroatoms. The van der Waals surface area contributed by atoms with Crippen molar-refractivity contribution in [2.75, 3.05) is 6.61 Å². The van der Waals surface area contributed by atoms with Crippen molar-refractivity contribution in [2.45, 2.75) is 19.4 Å². The summed E-state index contributed by atoms with van der Waals surface area (Å²) in [6.07, 6.45) is 0.279. The molecule has 84 valence electrons. The van der Waals surface area contributed by atoms with E-state index in [0.717, 1.165) is 5.75 Å². The zero-order chi connectivity index (χ0) is 11.1. The van der Waals surface area contributed by atoms with Crippen LogP contribution in [-0.2, 0) is 15.5 Å². The van der Waals surface area contributed by atoms with Crippen LogP contribution >= 0.6 is 0 Å². The molecule has 0 fully saturated rings. The van der Waals surface area contributed by atoms with Gasteiger partial charge in [-0.15, -0.1) is 0 Å². The summed E-state index contributed by atoms with van der Waals surface area (Å²) in [5.41, 5.74) is 0. The first-order valence-electron chi connectivity index (χ1n) is 4.64. The van der Waals surface area contributed by atoms with Crippen molar-refractivity contribution in [3.05, 3.63) is 30.3 Å². The van der Waals surface area contributed by atoms with Gasteiger partial charge in [-0.3, -0.25) is 8.74 Å². The van der Waals surface area contributed by atoms with Crippen molar-refractivity contribution in [3.63, 3.8) is 0 Å². The summed E-state index contributed by atoms with van der Waals surface area (Å²) in [5.74, 6) is 0.787. The third kappa shape index (κ3) is 5.51.